The molecule has 0 aliphatic rings. The zero-order chi connectivity index (χ0) is 15.0. The summed E-state index contributed by atoms with van der Waals surface area (Å²) < 4.78 is 15.8. The molecule has 0 aliphatic carbocycles. The number of nitrogens with zero attached hydrogens (tertiary/aromatic N) is 2. The maximum Gasteiger partial charge on any atom is 0.137 e. The van der Waals surface area contributed by atoms with Crippen molar-refractivity contribution in [2.45, 2.75) is 0 Å². The second-order valence-electron chi connectivity index (χ2n) is 4.71. The lowest BCUT2D eigenvalue weighted by atomic mass is 10.0. The van der Waals surface area contributed by atoms with E-state index in [4.69, 9.17) is 11.6 Å². The van der Waals surface area contributed by atoms with E-state index >= 15 is 0 Å². The Morgan fingerprint density at radius 3 is 2.57 bits per heavy atom. The van der Waals surface area contributed by atoms with Crippen LogP contribution in [0.4, 0.5) is 4.39 Å². The summed E-state index contributed by atoms with van der Waals surface area (Å²) >= 11 is 5.90. The summed E-state index contributed by atoms with van der Waals surface area (Å²) in [7, 11) is 1.77. The van der Waals surface area contributed by atoms with Gasteiger partial charge in [-0.1, -0.05) is 41.9 Å². The highest BCUT2D eigenvalue weighted by Gasteiger charge is 2.17. The maximum atomic E-state index is 14.2. The monoisotopic (exact) mass is 302 g/mol. The number of benzene rings is 2. The topological polar surface area (TPSA) is 38.0 Å². The van der Waals surface area contributed by atoms with Crippen LogP contribution in [0.25, 0.3) is 22.4 Å². The van der Waals surface area contributed by atoms with Crippen LogP contribution >= 0.6 is 11.6 Å². The van der Waals surface area contributed by atoms with Crippen molar-refractivity contribution >= 4 is 11.6 Å². The summed E-state index contributed by atoms with van der Waals surface area (Å²) in [5.74, 6) is -0.815. The first-order chi connectivity index (χ1) is 10.1. The highest BCUT2D eigenvalue weighted by atomic mass is 35.5. The number of aryl methyl sites for hydroxylation is 1. The number of aromatic nitrogens is 2. The summed E-state index contributed by atoms with van der Waals surface area (Å²) in [5.41, 5.74) is 2.49. The minimum Gasteiger partial charge on any atom is -0.506 e. The van der Waals surface area contributed by atoms with Crippen LogP contribution in [0.3, 0.4) is 0 Å². The van der Waals surface area contributed by atoms with E-state index in [1.54, 1.807) is 17.9 Å². The molecule has 0 amide bonds. The van der Waals surface area contributed by atoms with Crippen molar-refractivity contribution in [2.24, 2.45) is 7.05 Å². The molecule has 0 fully saturated rings. The number of hydrogen-bond acceptors (Lipinski definition) is 2. The van der Waals surface area contributed by atoms with Gasteiger partial charge in [0.15, 0.2) is 0 Å². The number of phenols is 1. The summed E-state index contributed by atoms with van der Waals surface area (Å²) in [5, 5.41) is 14.0. The largest absolute Gasteiger partial charge is 0.506 e. The molecule has 2 aromatic carbocycles. The van der Waals surface area contributed by atoms with Gasteiger partial charge in [-0.05, 0) is 6.07 Å². The van der Waals surface area contributed by atoms with Gasteiger partial charge in [-0.3, -0.25) is 4.68 Å². The van der Waals surface area contributed by atoms with Gasteiger partial charge < -0.3 is 5.11 Å². The molecule has 0 radical (unpaired) electrons. The minimum atomic E-state index is -0.540. The standard InChI is InChI=1S/C16H12ClFN2O/c1-20-9-12(11-7-13(17)15(21)8-14(11)18)16(19-20)10-5-3-2-4-6-10/h2-9,21H,1H3. The second kappa shape index (κ2) is 5.22. The van der Waals surface area contributed by atoms with E-state index in [1.807, 2.05) is 30.3 Å². The molecule has 3 nitrogen and oxygen atoms in total. The Morgan fingerprint density at radius 1 is 1.14 bits per heavy atom. The third kappa shape index (κ3) is 2.50. The highest BCUT2D eigenvalue weighted by Crippen LogP contribution is 2.36. The molecule has 0 bridgehead atoms. The lowest BCUT2D eigenvalue weighted by Crippen LogP contribution is -1.88. The van der Waals surface area contributed by atoms with Gasteiger partial charge in [-0.25, -0.2) is 4.39 Å². The molecule has 1 aromatic heterocycles. The normalized spacial score (nSPS) is 10.8. The summed E-state index contributed by atoms with van der Waals surface area (Å²) in [6, 6.07) is 11.9. The molecular formula is C16H12ClFN2O. The Labute approximate surface area is 126 Å². The Balaban J connectivity index is 2.23. The first kappa shape index (κ1) is 13.6. The van der Waals surface area contributed by atoms with E-state index in [2.05, 4.69) is 5.10 Å². The van der Waals surface area contributed by atoms with Crippen molar-refractivity contribution < 1.29 is 9.50 Å². The maximum absolute atomic E-state index is 14.2. The Morgan fingerprint density at radius 2 is 1.86 bits per heavy atom. The van der Waals surface area contributed by atoms with Crippen molar-refractivity contribution in [2.75, 3.05) is 0 Å². The number of phenolic OH excluding ortho intramolecular Hbond substituents is 1. The Kier molecular flexibility index (Phi) is 3.39. The van der Waals surface area contributed by atoms with E-state index < -0.39 is 5.82 Å². The van der Waals surface area contributed by atoms with E-state index in [0.29, 0.717) is 16.8 Å². The van der Waals surface area contributed by atoms with Gasteiger partial charge in [0.25, 0.3) is 0 Å². The van der Waals surface area contributed by atoms with E-state index in [1.165, 1.54) is 6.07 Å². The zero-order valence-electron chi connectivity index (χ0n) is 11.2. The summed E-state index contributed by atoms with van der Waals surface area (Å²) in [6.45, 7) is 0. The molecule has 21 heavy (non-hydrogen) atoms. The molecule has 1 N–H and O–H groups in total. The highest BCUT2D eigenvalue weighted by molar-refractivity contribution is 6.32. The number of rotatable bonds is 2. The van der Waals surface area contributed by atoms with E-state index in [9.17, 15) is 9.50 Å². The van der Waals surface area contributed by atoms with Crippen LogP contribution in [-0.2, 0) is 7.05 Å². The predicted molar refractivity (Wildman–Crippen MR) is 80.7 cm³/mol. The van der Waals surface area contributed by atoms with Crippen LogP contribution < -0.4 is 0 Å². The smallest absolute Gasteiger partial charge is 0.137 e. The number of halogens is 2. The fraction of sp³-hybridized carbons (Fsp3) is 0.0625. The van der Waals surface area contributed by atoms with Gasteiger partial charge in [0.05, 0.1) is 5.02 Å². The van der Waals surface area contributed by atoms with Crippen LogP contribution in [0.15, 0.2) is 48.7 Å². The Hall–Kier alpha value is -2.33. The molecular weight excluding hydrogens is 291 g/mol. The van der Waals surface area contributed by atoms with Crippen LogP contribution in [0.1, 0.15) is 0 Å². The van der Waals surface area contributed by atoms with Crippen molar-refractivity contribution in [3.63, 3.8) is 0 Å². The molecule has 0 spiro atoms. The quantitative estimate of drug-likeness (QED) is 0.768. The third-order valence-electron chi connectivity index (χ3n) is 3.20. The fourth-order valence-corrected chi connectivity index (χ4v) is 2.40. The van der Waals surface area contributed by atoms with Gasteiger partial charge in [-0.15, -0.1) is 0 Å². The molecule has 5 heteroatoms. The van der Waals surface area contributed by atoms with Crippen LogP contribution in [0.5, 0.6) is 5.75 Å². The van der Waals surface area contributed by atoms with Gasteiger partial charge in [0.1, 0.15) is 17.3 Å². The van der Waals surface area contributed by atoms with E-state index in [0.717, 1.165) is 11.6 Å². The minimum absolute atomic E-state index is 0.106. The van der Waals surface area contributed by atoms with Crippen LogP contribution in [0, 0.1) is 5.82 Å². The van der Waals surface area contributed by atoms with Gasteiger partial charge in [-0.2, -0.15) is 5.10 Å². The molecule has 0 saturated heterocycles. The van der Waals surface area contributed by atoms with Crippen molar-refractivity contribution in [3.05, 3.63) is 59.5 Å². The third-order valence-corrected chi connectivity index (χ3v) is 3.51. The molecule has 0 aliphatic heterocycles. The molecule has 0 saturated carbocycles. The van der Waals surface area contributed by atoms with Gasteiger partial charge in [0.2, 0.25) is 0 Å². The predicted octanol–water partition coefficient (Wildman–Crippen LogP) is 4.25. The van der Waals surface area contributed by atoms with Crippen molar-refractivity contribution in [1.82, 2.24) is 9.78 Å². The second-order valence-corrected chi connectivity index (χ2v) is 5.12. The SMILES string of the molecule is Cn1cc(-c2cc(Cl)c(O)cc2F)c(-c2ccccc2)n1. The van der Waals surface area contributed by atoms with Crippen molar-refractivity contribution in [3.8, 4) is 28.1 Å². The summed E-state index contributed by atoms with van der Waals surface area (Å²) in [6.07, 6.45) is 1.73. The number of hydrogen-bond donors (Lipinski definition) is 1. The van der Waals surface area contributed by atoms with E-state index in [-0.39, 0.29) is 10.8 Å². The lowest BCUT2D eigenvalue weighted by Gasteiger charge is -2.06. The molecule has 106 valence electrons. The van der Waals surface area contributed by atoms with Gasteiger partial charge >= 0.3 is 0 Å². The molecule has 0 atom stereocenters. The molecule has 0 unspecified atom stereocenters. The summed E-state index contributed by atoms with van der Waals surface area (Å²) in [4.78, 5) is 0. The first-order valence-corrected chi connectivity index (χ1v) is 6.71. The van der Waals surface area contributed by atoms with Gasteiger partial charge in [0, 0.05) is 36.0 Å². The van der Waals surface area contributed by atoms with Crippen molar-refractivity contribution in [1.29, 1.82) is 0 Å². The zero-order valence-corrected chi connectivity index (χ0v) is 12.0. The molecule has 3 aromatic rings. The van der Waals surface area contributed by atoms with Crippen LogP contribution in [0.2, 0.25) is 5.02 Å². The fourth-order valence-electron chi connectivity index (χ4n) is 2.24. The first-order valence-electron chi connectivity index (χ1n) is 6.33. The lowest BCUT2D eigenvalue weighted by molar-refractivity contribution is 0.469. The average molecular weight is 303 g/mol. The average Bonchev–Trinajstić information content (AvgIpc) is 2.85. The van der Waals surface area contributed by atoms with Crippen LogP contribution in [-0.4, -0.2) is 14.9 Å². The molecule has 1 heterocycles. The number of aromatic hydroxyl groups is 1. The molecule has 3 rings (SSSR count). The Bertz CT molecular complexity index is 800.